The van der Waals surface area contributed by atoms with Crippen molar-refractivity contribution in [3.63, 3.8) is 0 Å². The number of hydrogen-bond donors (Lipinski definition) is 0. The molecule has 0 fully saturated rings. The quantitative estimate of drug-likeness (QED) is 0.660. The van der Waals surface area contributed by atoms with Crippen LogP contribution >= 0.6 is 8.58 Å². The molecule has 78 valence electrons. The molecule has 0 saturated carbocycles. The Kier molecular flexibility index (Phi) is 3.38. The predicted molar refractivity (Wildman–Crippen MR) is 70.1 cm³/mol. The second-order valence-corrected chi connectivity index (χ2v) is 5.49. The third-order valence-corrected chi connectivity index (χ3v) is 4.63. The topological polar surface area (TPSA) is 0 Å². The minimum absolute atomic E-state index is 0.716. The van der Waals surface area contributed by atoms with Gasteiger partial charge in [-0.1, -0.05) is 58.0 Å². The van der Waals surface area contributed by atoms with Crippen molar-refractivity contribution in [1.29, 1.82) is 0 Å². The molecule has 0 bridgehead atoms. The van der Waals surface area contributed by atoms with Crippen molar-refractivity contribution >= 4 is 13.9 Å². The van der Waals surface area contributed by atoms with Crippen LogP contribution < -0.4 is 5.30 Å². The number of hydrogen-bond acceptors (Lipinski definition) is 0. The van der Waals surface area contributed by atoms with Crippen LogP contribution in [0.3, 0.4) is 0 Å². The standard InChI is InChI=1S/C14H17P/c1-11-7-3-5-9-13(11)15-14-10-6-4-8-12(14)2/h3-7,9-10,12,15H,8H2,1-2H3. The zero-order valence-corrected chi connectivity index (χ0v) is 10.3. The van der Waals surface area contributed by atoms with Gasteiger partial charge in [0.2, 0.25) is 0 Å². The molecule has 2 rings (SSSR count). The van der Waals surface area contributed by atoms with E-state index in [0.29, 0.717) is 5.92 Å². The van der Waals surface area contributed by atoms with Gasteiger partial charge in [0, 0.05) is 0 Å². The van der Waals surface area contributed by atoms with Gasteiger partial charge in [0.05, 0.1) is 0 Å². The summed E-state index contributed by atoms with van der Waals surface area (Å²) in [4.78, 5) is 0. The van der Waals surface area contributed by atoms with Gasteiger partial charge in [-0.25, -0.2) is 0 Å². The van der Waals surface area contributed by atoms with E-state index in [9.17, 15) is 0 Å². The van der Waals surface area contributed by atoms with Crippen molar-refractivity contribution < 1.29 is 0 Å². The van der Waals surface area contributed by atoms with E-state index in [1.165, 1.54) is 17.3 Å². The molecule has 0 amide bonds. The summed E-state index contributed by atoms with van der Waals surface area (Å²) in [6.45, 7) is 4.52. The largest absolute Gasteiger partial charge is 0.0839 e. The maximum absolute atomic E-state index is 2.32. The lowest BCUT2D eigenvalue weighted by atomic mass is 10.0. The van der Waals surface area contributed by atoms with E-state index in [4.69, 9.17) is 0 Å². The molecular weight excluding hydrogens is 199 g/mol. The van der Waals surface area contributed by atoms with Crippen molar-refractivity contribution in [2.24, 2.45) is 5.92 Å². The Bertz CT molecular complexity index is 402. The van der Waals surface area contributed by atoms with Crippen LogP contribution in [-0.4, -0.2) is 0 Å². The molecule has 1 aromatic carbocycles. The molecule has 15 heavy (non-hydrogen) atoms. The molecule has 2 atom stereocenters. The highest BCUT2D eigenvalue weighted by Gasteiger charge is 2.10. The average Bonchev–Trinajstić information content (AvgIpc) is 2.24. The Hall–Kier alpha value is -0.870. The Morgan fingerprint density at radius 2 is 2.07 bits per heavy atom. The van der Waals surface area contributed by atoms with E-state index in [-0.39, 0.29) is 0 Å². The summed E-state index contributed by atoms with van der Waals surface area (Å²) >= 11 is 0. The summed E-state index contributed by atoms with van der Waals surface area (Å²) in [5.74, 6) is 0.716. The minimum Gasteiger partial charge on any atom is -0.0839 e. The Labute approximate surface area is 93.9 Å². The van der Waals surface area contributed by atoms with E-state index in [1.54, 1.807) is 5.31 Å². The Balaban J connectivity index is 2.18. The molecule has 0 aliphatic heterocycles. The van der Waals surface area contributed by atoms with Crippen LogP contribution in [0, 0.1) is 12.8 Å². The average molecular weight is 216 g/mol. The maximum Gasteiger partial charge on any atom is -0.0151 e. The highest BCUT2D eigenvalue weighted by molar-refractivity contribution is 7.52. The van der Waals surface area contributed by atoms with Crippen LogP contribution in [0.4, 0.5) is 0 Å². The normalized spacial score (nSPS) is 20.9. The SMILES string of the molecule is Cc1ccccc1PC1=CC=CCC1C. The molecule has 2 unspecified atom stereocenters. The predicted octanol–water partition coefficient (Wildman–Crippen LogP) is 3.78. The zero-order valence-electron chi connectivity index (χ0n) is 9.33. The lowest BCUT2D eigenvalue weighted by molar-refractivity contribution is 0.723. The smallest absolute Gasteiger partial charge is 0.0151 e. The second kappa shape index (κ2) is 4.77. The fraction of sp³-hybridized carbons (Fsp3) is 0.286. The van der Waals surface area contributed by atoms with Crippen LogP contribution in [0.25, 0.3) is 0 Å². The number of rotatable bonds is 2. The van der Waals surface area contributed by atoms with Gasteiger partial charge in [-0.15, -0.1) is 0 Å². The first-order valence-electron chi connectivity index (χ1n) is 5.47. The fourth-order valence-electron chi connectivity index (χ4n) is 1.78. The van der Waals surface area contributed by atoms with E-state index in [2.05, 4.69) is 56.3 Å². The molecule has 0 nitrogen and oxygen atoms in total. The van der Waals surface area contributed by atoms with Gasteiger partial charge in [-0.3, -0.25) is 0 Å². The van der Waals surface area contributed by atoms with Crippen molar-refractivity contribution in [3.8, 4) is 0 Å². The van der Waals surface area contributed by atoms with Crippen LogP contribution in [0.15, 0.2) is 47.8 Å². The molecule has 0 saturated heterocycles. The van der Waals surface area contributed by atoms with Crippen LogP contribution in [0.2, 0.25) is 0 Å². The van der Waals surface area contributed by atoms with Gasteiger partial charge < -0.3 is 0 Å². The summed E-state index contributed by atoms with van der Waals surface area (Å²) in [6.07, 6.45) is 7.95. The van der Waals surface area contributed by atoms with E-state index in [1.807, 2.05) is 0 Å². The first-order chi connectivity index (χ1) is 7.27. The summed E-state index contributed by atoms with van der Waals surface area (Å²) in [5, 5.41) is 3.08. The summed E-state index contributed by atoms with van der Waals surface area (Å²) < 4.78 is 0. The van der Waals surface area contributed by atoms with E-state index < -0.39 is 0 Å². The molecule has 0 aromatic heterocycles. The van der Waals surface area contributed by atoms with E-state index >= 15 is 0 Å². The van der Waals surface area contributed by atoms with Crippen molar-refractivity contribution in [2.45, 2.75) is 20.3 Å². The molecule has 0 radical (unpaired) electrons. The monoisotopic (exact) mass is 216 g/mol. The number of benzene rings is 1. The molecule has 1 heteroatoms. The van der Waals surface area contributed by atoms with Crippen LogP contribution in [0.1, 0.15) is 18.9 Å². The summed E-state index contributed by atoms with van der Waals surface area (Å²) in [7, 11) is 0.843. The molecular formula is C14H17P. The first-order valence-corrected chi connectivity index (χ1v) is 6.47. The maximum atomic E-state index is 2.32. The van der Waals surface area contributed by atoms with Crippen LogP contribution in [0.5, 0.6) is 0 Å². The van der Waals surface area contributed by atoms with Crippen LogP contribution in [-0.2, 0) is 0 Å². The molecule has 0 N–H and O–H groups in total. The molecule has 0 heterocycles. The lowest BCUT2D eigenvalue weighted by Crippen LogP contribution is -2.04. The third-order valence-electron chi connectivity index (χ3n) is 2.86. The zero-order chi connectivity index (χ0) is 10.7. The van der Waals surface area contributed by atoms with Gasteiger partial charge >= 0.3 is 0 Å². The third kappa shape index (κ3) is 2.58. The minimum atomic E-state index is 0.716. The molecule has 1 aliphatic rings. The lowest BCUT2D eigenvalue weighted by Gasteiger charge is -2.18. The van der Waals surface area contributed by atoms with Gasteiger partial charge in [0.25, 0.3) is 0 Å². The Morgan fingerprint density at radius 1 is 1.27 bits per heavy atom. The van der Waals surface area contributed by atoms with Crippen molar-refractivity contribution in [1.82, 2.24) is 0 Å². The van der Waals surface area contributed by atoms with Crippen molar-refractivity contribution in [2.75, 3.05) is 0 Å². The van der Waals surface area contributed by atoms with Gasteiger partial charge in [0.1, 0.15) is 0 Å². The summed E-state index contributed by atoms with van der Waals surface area (Å²) in [5.41, 5.74) is 1.42. The highest BCUT2D eigenvalue weighted by Crippen LogP contribution is 2.34. The summed E-state index contributed by atoms with van der Waals surface area (Å²) in [6, 6.07) is 8.70. The Morgan fingerprint density at radius 3 is 2.80 bits per heavy atom. The molecule has 1 aromatic rings. The van der Waals surface area contributed by atoms with Crippen molar-refractivity contribution in [3.05, 3.63) is 53.4 Å². The second-order valence-electron chi connectivity index (χ2n) is 4.13. The molecule has 0 spiro atoms. The first kappa shape index (κ1) is 10.6. The van der Waals surface area contributed by atoms with Gasteiger partial charge in [-0.2, -0.15) is 0 Å². The number of aryl methyl sites for hydroxylation is 1. The van der Waals surface area contributed by atoms with E-state index in [0.717, 1.165) is 8.58 Å². The molecule has 1 aliphatic carbocycles. The van der Waals surface area contributed by atoms with Gasteiger partial charge in [-0.05, 0) is 35.4 Å². The number of allylic oxidation sites excluding steroid dienone is 4. The highest BCUT2D eigenvalue weighted by atomic mass is 31.1. The fourth-order valence-corrected chi connectivity index (χ4v) is 3.09. The van der Waals surface area contributed by atoms with Gasteiger partial charge in [0.15, 0.2) is 0 Å².